The van der Waals surface area contributed by atoms with Crippen molar-refractivity contribution in [2.24, 2.45) is 4.99 Å². The highest BCUT2D eigenvalue weighted by Gasteiger charge is 2.24. The molecule has 5 heteroatoms. The van der Waals surface area contributed by atoms with Gasteiger partial charge in [-0.25, -0.2) is 9.79 Å². The Kier molecular flexibility index (Phi) is 3.85. The van der Waals surface area contributed by atoms with E-state index in [-0.39, 0.29) is 17.3 Å². The van der Waals surface area contributed by atoms with Gasteiger partial charge in [-0.2, -0.15) is 0 Å². The van der Waals surface area contributed by atoms with E-state index in [0.29, 0.717) is 11.3 Å². The molecule has 3 rings (SSSR count). The summed E-state index contributed by atoms with van der Waals surface area (Å²) in [7, 11) is 1.46. The molecule has 0 bridgehead atoms. The van der Waals surface area contributed by atoms with Crippen LogP contribution in [-0.2, 0) is 9.53 Å². The molecule has 0 fully saturated rings. The number of nitrogens with zero attached hydrogens (tertiary/aromatic N) is 1. The third kappa shape index (κ3) is 3.08. The first-order valence-electron chi connectivity index (χ1n) is 7.03. The molecule has 0 amide bonds. The molecule has 0 saturated heterocycles. The number of phenolic OH excluding ortho intramolecular Hbond substituents is 1. The van der Waals surface area contributed by atoms with Crippen LogP contribution in [0.15, 0.2) is 53.2 Å². The standard InChI is InChI=1S/C18H15NO4/c1-11-3-6-13(7-4-11)17-19-14(18(21)23-17)9-12-5-8-15(20)16(10-12)22-2/h3-10,20H,1-2H3/b14-9+. The number of hydrogen-bond donors (Lipinski definition) is 1. The lowest BCUT2D eigenvalue weighted by Gasteiger charge is -2.03. The van der Waals surface area contributed by atoms with Gasteiger partial charge >= 0.3 is 5.97 Å². The number of carbonyl (C=O) groups excluding carboxylic acids is 1. The highest BCUT2D eigenvalue weighted by molar-refractivity contribution is 6.12. The third-order valence-corrected chi connectivity index (χ3v) is 3.43. The Balaban J connectivity index is 1.93. The van der Waals surface area contributed by atoms with Gasteiger partial charge in [0.25, 0.3) is 0 Å². The Morgan fingerprint density at radius 3 is 2.61 bits per heavy atom. The van der Waals surface area contributed by atoms with E-state index >= 15 is 0 Å². The number of aryl methyl sites for hydroxylation is 1. The van der Waals surface area contributed by atoms with Crippen LogP contribution in [0.2, 0.25) is 0 Å². The number of hydrogen-bond acceptors (Lipinski definition) is 5. The lowest BCUT2D eigenvalue weighted by Crippen LogP contribution is -2.05. The molecule has 2 aromatic rings. The van der Waals surface area contributed by atoms with Gasteiger partial charge in [0.05, 0.1) is 7.11 Å². The monoisotopic (exact) mass is 309 g/mol. The lowest BCUT2D eigenvalue weighted by atomic mass is 10.1. The van der Waals surface area contributed by atoms with Gasteiger partial charge in [-0.15, -0.1) is 0 Å². The topological polar surface area (TPSA) is 68.1 Å². The number of benzene rings is 2. The summed E-state index contributed by atoms with van der Waals surface area (Å²) in [6.45, 7) is 1.98. The molecule has 2 aromatic carbocycles. The average Bonchev–Trinajstić information content (AvgIpc) is 2.91. The van der Waals surface area contributed by atoms with Crippen LogP contribution in [0.5, 0.6) is 11.5 Å². The molecule has 0 spiro atoms. The van der Waals surface area contributed by atoms with Gasteiger partial charge in [0.15, 0.2) is 17.2 Å². The Morgan fingerprint density at radius 1 is 1.17 bits per heavy atom. The first-order valence-corrected chi connectivity index (χ1v) is 7.03. The molecule has 0 unspecified atom stereocenters. The summed E-state index contributed by atoms with van der Waals surface area (Å²) in [5.74, 6) is 0.139. The summed E-state index contributed by atoms with van der Waals surface area (Å²) in [5.41, 5.74) is 2.75. The second kappa shape index (κ2) is 5.96. The molecule has 0 aromatic heterocycles. The molecule has 1 aliphatic rings. The minimum atomic E-state index is -0.507. The first kappa shape index (κ1) is 14.8. The second-order valence-electron chi connectivity index (χ2n) is 5.13. The molecule has 5 nitrogen and oxygen atoms in total. The number of esters is 1. The highest BCUT2D eigenvalue weighted by Crippen LogP contribution is 2.28. The average molecular weight is 309 g/mol. The van der Waals surface area contributed by atoms with Gasteiger partial charge in [-0.3, -0.25) is 0 Å². The largest absolute Gasteiger partial charge is 0.504 e. The predicted octanol–water partition coefficient (Wildman–Crippen LogP) is 3.05. The maximum absolute atomic E-state index is 12.0. The molecule has 23 heavy (non-hydrogen) atoms. The molecule has 116 valence electrons. The van der Waals surface area contributed by atoms with Crippen molar-refractivity contribution in [3.63, 3.8) is 0 Å². The summed E-state index contributed by atoms with van der Waals surface area (Å²) in [6.07, 6.45) is 1.59. The molecule has 0 aliphatic carbocycles. The summed E-state index contributed by atoms with van der Waals surface area (Å²) in [4.78, 5) is 16.2. The van der Waals surface area contributed by atoms with Gasteiger partial charge in [0.1, 0.15) is 0 Å². The van der Waals surface area contributed by atoms with Crippen LogP contribution in [0.4, 0.5) is 0 Å². The molecule has 1 aliphatic heterocycles. The number of ether oxygens (including phenoxy) is 2. The Hall–Kier alpha value is -3.08. The van der Waals surface area contributed by atoms with E-state index in [1.807, 2.05) is 31.2 Å². The Morgan fingerprint density at radius 2 is 1.91 bits per heavy atom. The summed E-state index contributed by atoms with van der Waals surface area (Å²) in [5, 5.41) is 9.60. The molecule has 0 radical (unpaired) electrons. The minimum Gasteiger partial charge on any atom is -0.504 e. The van der Waals surface area contributed by atoms with E-state index in [1.165, 1.54) is 13.2 Å². The maximum atomic E-state index is 12.0. The van der Waals surface area contributed by atoms with Crippen LogP contribution in [0.25, 0.3) is 6.08 Å². The number of methoxy groups -OCH3 is 1. The van der Waals surface area contributed by atoms with Gasteiger partial charge in [0, 0.05) is 5.56 Å². The summed E-state index contributed by atoms with van der Waals surface area (Å²) < 4.78 is 10.3. The van der Waals surface area contributed by atoms with Gasteiger partial charge in [0.2, 0.25) is 5.90 Å². The molecule has 0 atom stereocenters. The van der Waals surface area contributed by atoms with Crippen LogP contribution >= 0.6 is 0 Å². The zero-order chi connectivity index (χ0) is 16.4. The second-order valence-corrected chi connectivity index (χ2v) is 5.13. The fourth-order valence-corrected chi connectivity index (χ4v) is 2.17. The van der Waals surface area contributed by atoms with Crippen LogP contribution in [0.1, 0.15) is 16.7 Å². The number of aliphatic imine (C=N–C) groups is 1. The maximum Gasteiger partial charge on any atom is 0.363 e. The van der Waals surface area contributed by atoms with Crippen molar-refractivity contribution in [3.8, 4) is 11.5 Å². The Labute approximate surface area is 133 Å². The van der Waals surface area contributed by atoms with Crippen molar-refractivity contribution >= 4 is 17.9 Å². The van der Waals surface area contributed by atoms with E-state index < -0.39 is 5.97 Å². The van der Waals surface area contributed by atoms with E-state index in [1.54, 1.807) is 18.2 Å². The van der Waals surface area contributed by atoms with E-state index in [9.17, 15) is 9.90 Å². The minimum absolute atomic E-state index is 0.0347. The molecule has 0 saturated carbocycles. The first-order chi connectivity index (χ1) is 11.1. The van der Waals surface area contributed by atoms with Crippen LogP contribution < -0.4 is 4.74 Å². The van der Waals surface area contributed by atoms with Gasteiger partial charge in [-0.05, 0) is 42.8 Å². The fraction of sp³-hybridized carbons (Fsp3) is 0.111. The third-order valence-electron chi connectivity index (χ3n) is 3.43. The molecular formula is C18H15NO4. The van der Waals surface area contributed by atoms with Crippen molar-refractivity contribution in [3.05, 3.63) is 64.9 Å². The Bertz CT molecular complexity index is 819. The predicted molar refractivity (Wildman–Crippen MR) is 86.4 cm³/mol. The van der Waals surface area contributed by atoms with E-state index in [4.69, 9.17) is 9.47 Å². The fourth-order valence-electron chi connectivity index (χ4n) is 2.17. The number of aromatic hydroxyl groups is 1. The number of phenols is 1. The van der Waals surface area contributed by atoms with Gasteiger partial charge < -0.3 is 14.6 Å². The van der Waals surface area contributed by atoms with E-state index in [0.717, 1.165) is 11.1 Å². The highest BCUT2D eigenvalue weighted by atomic mass is 16.6. The van der Waals surface area contributed by atoms with Crippen molar-refractivity contribution in [2.45, 2.75) is 6.92 Å². The van der Waals surface area contributed by atoms with Crippen LogP contribution in [0.3, 0.4) is 0 Å². The smallest absolute Gasteiger partial charge is 0.363 e. The van der Waals surface area contributed by atoms with Gasteiger partial charge in [-0.1, -0.05) is 23.8 Å². The normalized spacial score (nSPS) is 15.5. The van der Waals surface area contributed by atoms with Crippen molar-refractivity contribution < 1.29 is 19.4 Å². The number of cyclic esters (lactones) is 1. The van der Waals surface area contributed by atoms with Crippen molar-refractivity contribution in [1.29, 1.82) is 0 Å². The SMILES string of the molecule is COc1cc(/C=C2/N=C(c3ccc(C)cc3)OC2=O)ccc1O. The molecule has 1 N–H and O–H groups in total. The van der Waals surface area contributed by atoms with Crippen LogP contribution in [-0.4, -0.2) is 24.1 Å². The zero-order valence-corrected chi connectivity index (χ0v) is 12.7. The number of carbonyl (C=O) groups is 1. The summed E-state index contributed by atoms with van der Waals surface area (Å²) >= 11 is 0. The molecule has 1 heterocycles. The number of rotatable bonds is 3. The quantitative estimate of drug-likeness (QED) is 0.699. The zero-order valence-electron chi connectivity index (χ0n) is 12.7. The lowest BCUT2D eigenvalue weighted by molar-refractivity contribution is -0.129. The van der Waals surface area contributed by atoms with Crippen LogP contribution in [0, 0.1) is 6.92 Å². The molecular weight excluding hydrogens is 294 g/mol. The van der Waals surface area contributed by atoms with E-state index in [2.05, 4.69) is 4.99 Å². The van der Waals surface area contributed by atoms with Crippen molar-refractivity contribution in [2.75, 3.05) is 7.11 Å². The van der Waals surface area contributed by atoms with Crippen molar-refractivity contribution in [1.82, 2.24) is 0 Å². The summed E-state index contributed by atoms with van der Waals surface area (Å²) in [6, 6.07) is 12.3.